The molecular weight excluding hydrogens is 342 g/mol. The van der Waals surface area contributed by atoms with Crippen LogP contribution in [0.15, 0.2) is 48.5 Å². The van der Waals surface area contributed by atoms with Gasteiger partial charge in [0.2, 0.25) is 0 Å². The Morgan fingerprint density at radius 3 is 2.44 bits per heavy atom. The van der Waals surface area contributed by atoms with Crippen molar-refractivity contribution in [3.63, 3.8) is 0 Å². The number of amides is 1. The van der Waals surface area contributed by atoms with Crippen molar-refractivity contribution in [3.8, 4) is 5.75 Å². The van der Waals surface area contributed by atoms with Gasteiger partial charge in [-0.15, -0.1) is 0 Å². The number of nitrogens with zero attached hydrogens (tertiary/aromatic N) is 1. The quantitative estimate of drug-likeness (QED) is 0.633. The van der Waals surface area contributed by atoms with Crippen LogP contribution in [0.4, 0.5) is 0 Å². The minimum Gasteiger partial charge on any atom is -0.484 e. The first-order chi connectivity index (χ1) is 13.0. The molecule has 0 radical (unpaired) electrons. The van der Waals surface area contributed by atoms with Crippen LogP contribution < -0.4 is 4.74 Å². The molecule has 0 aliphatic carbocycles. The summed E-state index contributed by atoms with van der Waals surface area (Å²) < 4.78 is 10.7. The molecule has 1 amide bonds. The lowest BCUT2D eigenvalue weighted by molar-refractivity contribution is -0.144. The largest absolute Gasteiger partial charge is 0.484 e. The van der Waals surface area contributed by atoms with Gasteiger partial charge < -0.3 is 14.4 Å². The van der Waals surface area contributed by atoms with E-state index in [2.05, 4.69) is 0 Å². The van der Waals surface area contributed by atoms with Crippen molar-refractivity contribution in [2.75, 3.05) is 19.8 Å². The molecule has 27 heavy (non-hydrogen) atoms. The molecule has 0 aliphatic heterocycles. The van der Waals surface area contributed by atoms with E-state index in [1.54, 1.807) is 11.8 Å². The molecule has 0 unspecified atom stereocenters. The monoisotopic (exact) mass is 369 g/mol. The van der Waals surface area contributed by atoms with Gasteiger partial charge in [-0.25, -0.2) is 0 Å². The summed E-state index contributed by atoms with van der Waals surface area (Å²) in [6, 6.07) is 15.5. The molecule has 5 nitrogen and oxygen atoms in total. The normalized spacial score (nSPS) is 10.3. The molecule has 0 heterocycles. The van der Waals surface area contributed by atoms with Crippen LogP contribution in [-0.4, -0.2) is 36.5 Å². The Morgan fingerprint density at radius 1 is 1.04 bits per heavy atom. The summed E-state index contributed by atoms with van der Waals surface area (Å²) in [4.78, 5) is 26.0. The van der Waals surface area contributed by atoms with E-state index in [1.807, 2.05) is 62.4 Å². The van der Waals surface area contributed by atoms with E-state index in [1.165, 1.54) is 0 Å². The van der Waals surface area contributed by atoms with Crippen LogP contribution >= 0.6 is 0 Å². The highest BCUT2D eigenvalue weighted by Gasteiger charge is 2.17. The fourth-order valence-corrected chi connectivity index (χ4v) is 2.75. The van der Waals surface area contributed by atoms with Gasteiger partial charge in [0.1, 0.15) is 5.75 Å². The lowest BCUT2D eigenvalue weighted by Gasteiger charge is -2.23. The van der Waals surface area contributed by atoms with Crippen molar-refractivity contribution in [2.45, 2.75) is 33.7 Å². The van der Waals surface area contributed by atoms with Gasteiger partial charge in [0, 0.05) is 13.1 Å². The van der Waals surface area contributed by atoms with Gasteiger partial charge in [0.15, 0.2) is 6.61 Å². The third kappa shape index (κ3) is 6.77. The molecular formula is C22H27NO4. The second kappa shape index (κ2) is 10.4. The zero-order valence-corrected chi connectivity index (χ0v) is 16.2. The van der Waals surface area contributed by atoms with E-state index < -0.39 is 0 Å². The van der Waals surface area contributed by atoms with E-state index in [0.717, 1.165) is 16.7 Å². The van der Waals surface area contributed by atoms with Crippen molar-refractivity contribution in [3.05, 3.63) is 65.2 Å². The number of hydrogen-bond donors (Lipinski definition) is 0. The minimum atomic E-state index is -0.307. The van der Waals surface area contributed by atoms with E-state index >= 15 is 0 Å². The van der Waals surface area contributed by atoms with Gasteiger partial charge in [-0.2, -0.15) is 0 Å². The summed E-state index contributed by atoms with van der Waals surface area (Å²) in [6.07, 6.45) is 0.163. The fraction of sp³-hybridized carbons (Fsp3) is 0.364. The van der Waals surface area contributed by atoms with Gasteiger partial charge in [-0.3, -0.25) is 9.59 Å². The van der Waals surface area contributed by atoms with Crippen molar-refractivity contribution in [1.82, 2.24) is 4.90 Å². The summed E-state index contributed by atoms with van der Waals surface area (Å²) in [5.41, 5.74) is 3.14. The van der Waals surface area contributed by atoms with Gasteiger partial charge >= 0.3 is 5.97 Å². The number of ether oxygens (including phenoxy) is 2. The Balaban J connectivity index is 2.01. The second-order valence-electron chi connectivity index (χ2n) is 6.41. The number of esters is 1. The lowest BCUT2D eigenvalue weighted by Crippen LogP contribution is -2.36. The Morgan fingerprint density at radius 2 is 1.78 bits per heavy atom. The van der Waals surface area contributed by atoms with E-state index in [9.17, 15) is 9.59 Å². The zero-order valence-electron chi connectivity index (χ0n) is 16.2. The highest BCUT2D eigenvalue weighted by atomic mass is 16.5. The van der Waals surface area contributed by atoms with Crippen molar-refractivity contribution >= 4 is 11.9 Å². The zero-order chi connectivity index (χ0) is 19.6. The fourth-order valence-electron chi connectivity index (χ4n) is 2.75. The number of aryl methyl sites for hydroxylation is 2. The third-order valence-electron chi connectivity index (χ3n) is 4.14. The van der Waals surface area contributed by atoms with E-state index in [-0.39, 0.29) is 24.9 Å². The van der Waals surface area contributed by atoms with Crippen LogP contribution in [0.1, 0.15) is 30.0 Å². The Kier molecular flexibility index (Phi) is 7.86. The number of carbonyl (C=O) groups excluding carboxylic acids is 2. The highest BCUT2D eigenvalue weighted by molar-refractivity contribution is 5.78. The van der Waals surface area contributed by atoms with Crippen LogP contribution in [0.25, 0.3) is 0 Å². The van der Waals surface area contributed by atoms with Crippen LogP contribution in [-0.2, 0) is 20.9 Å². The third-order valence-corrected chi connectivity index (χ3v) is 4.14. The summed E-state index contributed by atoms with van der Waals surface area (Å²) >= 11 is 0. The molecule has 0 bridgehead atoms. The predicted octanol–water partition coefficient (Wildman–Crippen LogP) is 3.66. The van der Waals surface area contributed by atoms with Crippen LogP contribution in [0.5, 0.6) is 5.75 Å². The molecule has 0 atom stereocenters. The van der Waals surface area contributed by atoms with Crippen molar-refractivity contribution in [2.24, 2.45) is 0 Å². The second-order valence-corrected chi connectivity index (χ2v) is 6.41. The van der Waals surface area contributed by atoms with E-state index in [0.29, 0.717) is 25.4 Å². The summed E-state index contributed by atoms with van der Waals surface area (Å²) in [5, 5.41) is 0. The standard InChI is InChI=1S/C22H27NO4/c1-4-26-22(25)12-13-23(15-19-8-6-5-7-9-19)21(24)16-27-20-11-10-17(2)14-18(20)3/h5-11,14H,4,12-13,15-16H2,1-3H3. The van der Waals surface area contributed by atoms with Crippen LogP contribution in [0.2, 0.25) is 0 Å². The van der Waals surface area contributed by atoms with Gasteiger partial charge in [-0.1, -0.05) is 48.0 Å². The average Bonchev–Trinajstić information content (AvgIpc) is 2.65. The molecule has 0 spiro atoms. The van der Waals surface area contributed by atoms with Crippen molar-refractivity contribution in [1.29, 1.82) is 0 Å². The first-order valence-electron chi connectivity index (χ1n) is 9.17. The minimum absolute atomic E-state index is 0.0699. The van der Waals surface area contributed by atoms with E-state index in [4.69, 9.17) is 9.47 Å². The first kappa shape index (κ1) is 20.5. The number of carbonyl (C=O) groups is 2. The Labute approximate surface area is 160 Å². The molecule has 2 aromatic carbocycles. The molecule has 0 aliphatic rings. The molecule has 2 rings (SSSR count). The van der Waals surface area contributed by atoms with Crippen molar-refractivity contribution < 1.29 is 19.1 Å². The molecule has 5 heteroatoms. The predicted molar refractivity (Wildman–Crippen MR) is 105 cm³/mol. The summed E-state index contributed by atoms with van der Waals surface area (Å²) in [7, 11) is 0. The molecule has 144 valence electrons. The topological polar surface area (TPSA) is 55.8 Å². The number of rotatable bonds is 9. The molecule has 0 N–H and O–H groups in total. The first-order valence-corrected chi connectivity index (χ1v) is 9.17. The smallest absolute Gasteiger partial charge is 0.307 e. The molecule has 2 aromatic rings. The summed E-state index contributed by atoms with van der Waals surface area (Å²) in [6.45, 7) is 6.72. The SMILES string of the molecule is CCOC(=O)CCN(Cc1ccccc1)C(=O)COc1ccc(C)cc1C. The van der Waals surface area contributed by atoms with Gasteiger partial charge in [0.05, 0.1) is 13.0 Å². The number of hydrogen-bond acceptors (Lipinski definition) is 4. The Hall–Kier alpha value is -2.82. The van der Waals surface area contributed by atoms with Crippen LogP contribution in [0.3, 0.4) is 0 Å². The maximum Gasteiger partial charge on any atom is 0.307 e. The maximum atomic E-state index is 12.7. The molecule has 0 aromatic heterocycles. The summed E-state index contributed by atoms with van der Waals surface area (Å²) in [5.74, 6) is 0.223. The van der Waals surface area contributed by atoms with Gasteiger partial charge in [-0.05, 0) is 38.0 Å². The average molecular weight is 369 g/mol. The van der Waals surface area contributed by atoms with Gasteiger partial charge in [0.25, 0.3) is 5.91 Å². The molecule has 0 fully saturated rings. The maximum absolute atomic E-state index is 12.7. The molecule has 0 saturated heterocycles. The van der Waals surface area contributed by atoms with Crippen LogP contribution in [0, 0.1) is 13.8 Å². The Bertz CT molecular complexity index is 758. The molecule has 0 saturated carbocycles. The lowest BCUT2D eigenvalue weighted by atomic mass is 10.1. The number of benzene rings is 2. The highest BCUT2D eigenvalue weighted by Crippen LogP contribution is 2.19.